The third-order valence-corrected chi connectivity index (χ3v) is 4.34. The molecule has 2 aliphatic heterocycles. The lowest BCUT2D eigenvalue weighted by Gasteiger charge is -2.21. The second kappa shape index (κ2) is 6.77. The molecule has 0 aromatic carbocycles. The first-order chi connectivity index (χ1) is 10.7. The molecule has 2 saturated heterocycles. The van der Waals surface area contributed by atoms with Crippen molar-refractivity contribution in [3.05, 3.63) is 23.9 Å². The summed E-state index contributed by atoms with van der Waals surface area (Å²) >= 11 is 0. The minimum absolute atomic E-state index is 0.00335. The molecule has 2 fully saturated rings. The van der Waals surface area contributed by atoms with E-state index in [-0.39, 0.29) is 17.7 Å². The summed E-state index contributed by atoms with van der Waals surface area (Å²) in [4.78, 5) is 29.9. The molecule has 118 valence electrons. The van der Waals surface area contributed by atoms with E-state index in [0.717, 1.165) is 24.5 Å². The fourth-order valence-corrected chi connectivity index (χ4v) is 2.94. The highest BCUT2D eigenvalue weighted by molar-refractivity contribution is 5.83. The Hall–Kier alpha value is -2.11. The summed E-state index contributed by atoms with van der Waals surface area (Å²) in [6.07, 6.45) is 5.36. The van der Waals surface area contributed by atoms with Gasteiger partial charge < -0.3 is 15.5 Å². The Balaban J connectivity index is 1.48. The first-order valence-corrected chi connectivity index (χ1v) is 7.96. The summed E-state index contributed by atoms with van der Waals surface area (Å²) in [6.45, 7) is 3.08. The van der Waals surface area contributed by atoms with Gasteiger partial charge in [0.05, 0.1) is 5.92 Å². The van der Waals surface area contributed by atoms with Gasteiger partial charge in [-0.1, -0.05) is 6.07 Å². The first kappa shape index (κ1) is 14.8. The predicted molar refractivity (Wildman–Crippen MR) is 83.3 cm³/mol. The second-order valence-corrected chi connectivity index (χ2v) is 5.98. The Morgan fingerprint density at radius 1 is 1.36 bits per heavy atom. The van der Waals surface area contributed by atoms with Gasteiger partial charge in [0.15, 0.2) is 0 Å². The number of nitrogens with zero attached hydrogens (tertiary/aromatic N) is 2. The van der Waals surface area contributed by atoms with Gasteiger partial charge in [0, 0.05) is 38.8 Å². The van der Waals surface area contributed by atoms with Gasteiger partial charge in [-0.05, 0) is 30.9 Å². The molecule has 0 saturated carbocycles. The van der Waals surface area contributed by atoms with Crippen molar-refractivity contribution in [3.63, 3.8) is 0 Å². The van der Waals surface area contributed by atoms with E-state index in [4.69, 9.17) is 0 Å². The Bertz CT molecular complexity index is 528. The Kier molecular flexibility index (Phi) is 4.56. The predicted octanol–water partition coefficient (Wildman–Crippen LogP) is 0.824. The van der Waals surface area contributed by atoms with Crippen LogP contribution >= 0.6 is 0 Å². The zero-order valence-electron chi connectivity index (χ0n) is 12.7. The van der Waals surface area contributed by atoms with Gasteiger partial charge >= 0.3 is 0 Å². The zero-order valence-corrected chi connectivity index (χ0v) is 12.7. The molecule has 0 bridgehead atoms. The SMILES string of the molecule is O=C1CC[C@@H](C(=O)NCc2ccc(N3CCCC3)nc2)CN1. The molecule has 0 unspecified atom stereocenters. The number of hydrogen-bond acceptors (Lipinski definition) is 4. The molecule has 22 heavy (non-hydrogen) atoms. The van der Waals surface area contributed by atoms with E-state index in [1.54, 1.807) is 0 Å². The molecule has 2 aliphatic rings. The lowest BCUT2D eigenvalue weighted by molar-refractivity contribution is -0.129. The van der Waals surface area contributed by atoms with Crippen LogP contribution in [0.4, 0.5) is 5.82 Å². The largest absolute Gasteiger partial charge is 0.357 e. The maximum atomic E-state index is 12.1. The van der Waals surface area contributed by atoms with Gasteiger partial charge in [0.2, 0.25) is 11.8 Å². The third-order valence-electron chi connectivity index (χ3n) is 4.34. The smallest absolute Gasteiger partial charge is 0.225 e. The summed E-state index contributed by atoms with van der Waals surface area (Å²) in [7, 11) is 0. The van der Waals surface area contributed by atoms with E-state index in [1.165, 1.54) is 12.8 Å². The van der Waals surface area contributed by atoms with E-state index >= 15 is 0 Å². The molecule has 6 heteroatoms. The van der Waals surface area contributed by atoms with Crippen molar-refractivity contribution >= 4 is 17.6 Å². The van der Waals surface area contributed by atoms with E-state index in [9.17, 15) is 9.59 Å². The molecular weight excluding hydrogens is 280 g/mol. The number of aromatic nitrogens is 1. The minimum Gasteiger partial charge on any atom is -0.357 e. The van der Waals surface area contributed by atoms with Crippen molar-refractivity contribution in [2.75, 3.05) is 24.5 Å². The number of rotatable bonds is 4. The first-order valence-electron chi connectivity index (χ1n) is 7.96. The van der Waals surface area contributed by atoms with Crippen LogP contribution in [0, 0.1) is 5.92 Å². The van der Waals surface area contributed by atoms with Crippen LogP contribution in [0.5, 0.6) is 0 Å². The number of carbonyl (C=O) groups is 2. The van der Waals surface area contributed by atoms with E-state index in [2.05, 4.69) is 20.5 Å². The quantitative estimate of drug-likeness (QED) is 0.864. The van der Waals surface area contributed by atoms with Crippen LogP contribution in [-0.4, -0.2) is 36.4 Å². The summed E-state index contributed by atoms with van der Waals surface area (Å²) in [5, 5.41) is 5.66. The molecular formula is C16H22N4O2. The monoisotopic (exact) mass is 302 g/mol. The van der Waals surface area contributed by atoms with Crippen LogP contribution in [0.25, 0.3) is 0 Å². The van der Waals surface area contributed by atoms with Gasteiger partial charge in [-0.3, -0.25) is 9.59 Å². The van der Waals surface area contributed by atoms with E-state index in [0.29, 0.717) is 25.9 Å². The molecule has 2 amide bonds. The van der Waals surface area contributed by atoms with Crippen LogP contribution in [0.2, 0.25) is 0 Å². The lowest BCUT2D eigenvalue weighted by Crippen LogP contribution is -2.42. The van der Waals surface area contributed by atoms with Crippen LogP contribution in [0.3, 0.4) is 0 Å². The van der Waals surface area contributed by atoms with Crippen molar-refractivity contribution in [1.29, 1.82) is 0 Å². The normalized spacial score (nSPS) is 21.5. The van der Waals surface area contributed by atoms with Gasteiger partial charge in [-0.15, -0.1) is 0 Å². The van der Waals surface area contributed by atoms with Crippen molar-refractivity contribution in [3.8, 4) is 0 Å². The minimum atomic E-state index is -0.116. The topological polar surface area (TPSA) is 74.3 Å². The summed E-state index contributed by atoms with van der Waals surface area (Å²) in [6, 6.07) is 4.04. The molecule has 0 aliphatic carbocycles. The molecule has 6 nitrogen and oxygen atoms in total. The van der Waals surface area contributed by atoms with Crippen molar-refractivity contribution in [1.82, 2.24) is 15.6 Å². The number of anilines is 1. The number of hydrogen-bond donors (Lipinski definition) is 2. The average Bonchev–Trinajstić information content (AvgIpc) is 3.08. The van der Waals surface area contributed by atoms with Crippen LogP contribution < -0.4 is 15.5 Å². The number of carbonyl (C=O) groups excluding carboxylic acids is 2. The number of nitrogens with one attached hydrogen (secondary N) is 2. The molecule has 3 rings (SSSR count). The molecule has 1 aromatic heterocycles. The fraction of sp³-hybridized carbons (Fsp3) is 0.562. The highest BCUT2D eigenvalue weighted by Crippen LogP contribution is 2.17. The van der Waals surface area contributed by atoms with Crippen LogP contribution in [0.15, 0.2) is 18.3 Å². The second-order valence-electron chi connectivity index (χ2n) is 5.98. The number of pyridine rings is 1. The summed E-state index contributed by atoms with van der Waals surface area (Å²) < 4.78 is 0. The Morgan fingerprint density at radius 3 is 2.82 bits per heavy atom. The van der Waals surface area contributed by atoms with Crippen molar-refractivity contribution < 1.29 is 9.59 Å². The molecule has 0 radical (unpaired) electrons. The maximum absolute atomic E-state index is 12.1. The molecule has 1 atom stereocenters. The summed E-state index contributed by atoms with van der Waals surface area (Å²) in [5.41, 5.74) is 0.996. The van der Waals surface area contributed by atoms with E-state index < -0.39 is 0 Å². The van der Waals surface area contributed by atoms with Gasteiger partial charge in [-0.2, -0.15) is 0 Å². The van der Waals surface area contributed by atoms with Gasteiger partial charge in [-0.25, -0.2) is 4.98 Å². The summed E-state index contributed by atoms with van der Waals surface area (Å²) in [5.74, 6) is 0.937. The molecule has 0 spiro atoms. The van der Waals surface area contributed by atoms with Gasteiger partial charge in [0.1, 0.15) is 5.82 Å². The highest BCUT2D eigenvalue weighted by atomic mass is 16.2. The highest BCUT2D eigenvalue weighted by Gasteiger charge is 2.24. The standard InChI is InChI=1S/C16H22N4O2/c21-15-6-4-13(11-18-15)16(22)19-10-12-3-5-14(17-9-12)20-7-1-2-8-20/h3,5,9,13H,1-2,4,6-8,10-11H2,(H,18,21)(H,19,22)/t13-/m1/s1. The van der Waals surface area contributed by atoms with Crippen molar-refractivity contribution in [2.45, 2.75) is 32.2 Å². The average molecular weight is 302 g/mol. The zero-order chi connectivity index (χ0) is 15.4. The van der Waals surface area contributed by atoms with E-state index in [1.807, 2.05) is 18.3 Å². The number of piperidine rings is 1. The third kappa shape index (κ3) is 3.55. The number of amides is 2. The molecule has 1 aromatic rings. The van der Waals surface area contributed by atoms with Crippen molar-refractivity contribution in [2.24, 2.45) is 5.92 Å². The molecule has 3 heterocycles. The molecule has 2 N–H and O–H groups in total. The van der Waals surface area contributed by atoms with Crippen LogP contribution in [-0.2, 0) is 16.1 Å². The van der Waals surface area contributed by atoms with Gasteiger partial charge in [0.25, 0.3) is 0 Å². The van der Waals surface area contributed by atoms with Crippen LogP contribution in [0.1, 0.15) is 31.2 Å². The fourth-order valence-electron chi connectivity index (χ4n) is 2.94. The maximum Gasteiger partial charge on any atom is 0.225 e. The lowest BCUT2D eigenvalue weighted by atomic mass is 9.98. The Morgan fingerprint density at radius 2 is 2.18 bits per heavy atom. The Labute approximate surface area is 130 Å².